The van der Waals surface area contributed by atoms with Crippen molar-refractivity contribution in [3.05, 3.63) is 35.9 Å². The average molecular weight is 292 g/mol. The Labute approximate surface area is 124 Å². The van der Waals surface area contributed by atoms with Gasteiger partial charge in [-0.1, -0.05) is 30.3 Å². The summed E-state index contributed by atoms with van der Waals surface area (Å²) in [5.41, 5.74) is 0.659. The zero-order valence-electron chi connectivity index (χ0n) is 12.2. The molecule has 1 fully saturated rings. The molecule has 2 amide bonds. The van der Waals surface area contributed by atoms with E-state index in [0.29, 0.717) is 18.7 Å². The van der Waals surface area contributed by atoms with Crippen LogP contribution in [0.3, 0.4) is 0 Å². The van der Waals surface area contributed by atoms with Crippen molar-refractivity contribution in [1.29, 1.82) is 0 Å². The van der Waals surface area contributed by atoms with Gasteiger partial charge in [-0.15, -0.1) is 0 Å². The molecule has 0 spiro atoms. The third-order valence-electron chi connectivity index (χ3n) is 3.55. The normalized spacial score (nSPS) is 19.1. The largest absolute Gasteiger partial charge is 0.431 e. The Morgan fingerprint density at radius 3 is 2.62 bits per heavy atom. The lowest BCUT2D eigenvalue weighted by molar-refractivity contribution is -0.140. The highest BCUT2D eigenvalue weighted by molar-refractivity contribution is 5.85. The molecule has 1 aliphatic rings. The zero-order valence-corrected chi connectivity index (χ0v) is 12.2. The van der Waals surface area contributed by atoms with E-state index in [0.717, 1.165) is 6.42 Å². The van der Waals surface area contributed by atoms with Crippen LogP contribution in [-0.4, -0.2) is 50.3 Å². The van der Waals surface area contributed by atoms with Crippen molar-refractivity contribution in [1.82, 2.24) is 10.2 Å². The molecule has 0 radical (unpaired) electrons. The molecule has 1 aromatic carbocycles. The Morgan fingerprint density at radius 1 is 1.33 bits per heavy atom. The zero-order chi connectivity index (χ0) is 15.2. The number of nitrogens with zero attached hydrogens (tertiary/aromatic N) is 1. The first-order valence-electron chi connectivity index (χ1n) is 6.90. The van der Waals surface area contributed by atoms with Crippen LogP contribution in [0, 0.1) is 0 Å². The molecule has 21 heavy (non-hydrogen) atoms. The van der Waals surface area contributed by atoms with Gasteiger partial charge in [-0.25, -0.2) is 4.79 Å². The van der Waals surface area contributed by atoms with Crippen molar-refractivity contribution in [2.45, 2.75) is 18.6 Å². The molecule has 1 heterocycles. The van der Waals surface area contributed by atoms with Crippen LogP contribution in [0.15, 0.2) is 30.3 Å². The number of amides is 2. The van der Waals surface area contributed by atoms with Gasteiger partial charge in [-0.2, -0.15) is 0 Å². The number of hydrogen-bond acceptors (Lipinski definition) is 4. The van der Waals surface area contributed by atoms with Gasteiger partial charge in [0.05, 0.1) is 6.10 Å². The van der Waals surface area contributed by atoms with Crippen molar-refractivity contribution in [3.8, 4) is 0 Å². The van der Waals surface area contributed by atoms with Gasteiger partial charge >= 0.3 is 6.09 Å². The minimum atomic E-state index is -0.929. The van der Waals surface area contributed by atoms with Crippen molar-refractivity contribution >= 4 is 12.0 Å². The van der Waals surface area contributed by atoms with Crippen molar-refractivity contribution in [3.63, 3.8) is 0 Å². The highest BCUT2D eigenvalue weighted by Crippen LogP contribution is 2.23. The second-order valence-electron chi connectivity index (χ2n) is 4.88. The van der Waals surface area contributed by atoms with Gasteiger partial charge in [0.15, 0.2) is 0 Å². The highest BCUT2D eigenvalue weighted by atomic mass is 16.6. The smallest absolute Gasteiger partial charge is 0.408 e. The van der Waals surface area contributed by atoms with Crippen LogP contribution in [0.5, 0.6) is 0 Å². The van der Waals surface area contributed by atoms with Crippen LogP contribution in [0.25, 0.3) is 0 Å². The van der Waals surface area contributed by atoms with E-state index in [1.807, 2.05) is 18.2 Å². The molecule has 1 aliphatic heterocycles. The number of rotatable bonds is 4. The van der Waals surface area contributed by atoms with E-state index in [2.05, 4.69) is 5.32 Å². The van der Waals surface area contributed by atoms with Gasteiger partial charge in [0, 0.05) is 32.8 Å². The van der Waals surface area contributed by atoms with E-state index in [1.165, 1.54) is 7.05 Å². The molecule has 6 nitrogen and oxygen atoms in total. The summed E-state index contributed by atoms with van der Waals surface area (Å²) in [6.07, 6.45) is -0.712. The number of benzene rings is 1. The molecule has 1 aromatic rings. The van der Waals surface area contributed by atoms with Crippen LogP contribution < -0.4 is 5.32 Å². The summed E-state index contributed by atoms with van der Waals surface area (Å²) in [4.78, 5) is 25.8. The SMILES string of the molecule is CNC(=O)OC(C(=O)N1CC[C@H](OC)C1)c1ccccc1. The Kier molecular flexibility index (Phi) is 5.16. The molecule has 0 aromatic heterocycles. The first kappa shape index (κ1) is 15.3. The lowest BCUT2D eigenvalue weighted by atomic mass is 10.1. The van der Waals surface area contributed by atoms with E-state index >= 15 is 0 Å². The fraction of sp³-hybridized carbons (Fsp3) is 0.467. The Hall–Kier alpha value is -2.08. The summed E-state index contributed by atoms with van der Waals surface area (Å²) in [5, 5.41) is 2.37. The highest BCUT2D eigenvalue weighted by Gasteiger charge is 2.33. The molecule has 2 rings (SSSR count). The summed E-state index contributed by atoms with van der Waals surface area (Å²) < 4.78 is 10.5. The Bertz CT molecular complexity index is 492. The molecule has 0 aliphatic carbocycles. The minimum Gasteiger partial charge on any atom is -0.431 e. The molecule has 0 saturated carbocycles. The van der Waals surface area contributed by atoms with Crippen molar-refractivity contribution < 1.29 is 19.1 Å². The Morgan fingerprint density at radius 2 is 2.05 bits per heavy atom. The molecule has 2 atom stereocenters. The van der Waals surface area contributed by atoms with Gasteiger partial charge in [0.2, 0.25) is 6.10 Å². The monoisotopic (exact) mass is 292 g/mol. The number of carbonyl (C=O) groups excluding carboxylic acids is 2. The third kappa shape index (κ3) is 3.72. The van der Waals surface area contributed by atoms with Crippen LogP contribution >= 0.6 is 0 Å². The van der Waals surface area contributed by atoms with Crippen LogP contribution in [0.2, 0.25) is 0 Å². The second-order valence-corrected chi connectivity index (χ2v) is 4.88. The maximum Gasteiger partial charge on any atom is 0.408 e. The van der Waals surface area contributed by atoms with Crippen molar-refractivity contribution in [2.24, 2.45) is 0 Å². The molecular weight excluding hydrogens is 272 g/mol. The van der Waals surface area contributed by atoms with E-state index in [-0.39, 0.29) is 12.0 Å². The molecule has 1 N–H and O–H groups in total. The van der Waals surface area contributed by atoms with Crippen LogP contribution in [0.4, 0.5) is 4.79 Å². The molecular formula is C15H20N2O4. The number of carbonyl (C=O) groups is 2. The summed E-state index contributed by atoms with van der Waals surface area (Å²) in [7, 11) is 3.10. The van der Waals surface area contributed by atoms with Crippen LogP contribution in [0.1, 0.15) is 18.1 Å². The second kappa shape index (κ2) is 7.08. The summed E-state index contributed by atoms with van der Waals surface area (Å²) in [6.45, 7) is 1.13. The average Bonchev–Trinajstić information content (AvgIpc) is 3.01. The van der Waals surface area contributed by atoms with E-state index in [1.54, 1.807) is 24.1 Å². The third-order valence-corrected chi connectivity index (χ3v) is 3.55. The quantitative estimate of drug-likeness (QED) is 0.909. The molecule has 6 heteroatoms. The first-order valence-corrected chi connectivity index (χ1v) is 6.90. The van der Waals surface area contributed by atoms with E-state index in [9.17, 15) is 9.59 Å². The first-order chi connectivity index (χ1) is 10.2. The number of likely N-dealkylation sites (tertiary alicyclic amines) is 1. The number of alkyl carbamates (subject to hydrolysis) is 1. The van der Waals surface area contributed by atoms with Gasteiger partial charge in [0.25, 0.3) is 5.91 Å². The van der Waals surface area contributed by atoms with Gasteiger partial charge in [0.1, 0.15) is 0 Å². The van der Waals surface area contributed by atoms with Crippen LogP contribution in [-0.2, 0) is 14.3 Å². The maximum absolute atomic E-state index is 12.6. The fourth-order valence-electron chi connectivity index (χ4n) is 2.34. The van der Waals surface area contributed by atoms with E-state index < -0.39 is 12.2 Å². The molecule has 1 saturated heterocycles. The van der Waals surface area contributed by atoms with Gasteiger partial charge in [-0.05, 0) is 6.42 Å². The van der Waals surface area contributed by atoms with Gasteiger partial charge in [-0.3, -0.25) is 4.79 Å². The fourth-order valence-corrected chi connectivity index (χ4v) is 2.34. The minimum absolute atomic E-state index is 0.0466. The molecule has 114 valence electrons. The van der Waals surface area contributed by atoms with E-state index in [4.69, 9.17) is 9.47 Å². The molecule has 0 bridgehead atoms. The topological polar surface area (TPSA) is 67.9 Å². The van der Waals surface area contributed by atoms with Crippen molar-refractivity contribution in [2.75, 3.05) is 27.2 Å². The summed E-state index contributed by atoms with van der Waals surface area (Å²) >= 11 is 0. The predicted octanol–water partition coefficient (Wildman–Crippen LogP) is 1.33. The Balaban J connectivity index is 2.15. The maximum atomic E-state index is 12.6. The number of nitrogens with one attached hydrogen (secondary N) is 1. The molecule has 1 unspecified atom stereocenters. The standard InChI is InChI=1S/C15H20N2O4/c1-16-15(19)21-13(11-6-4-3-5-7-11)14(18)17-9-8-12(10-17)20-2/h3-7,12-13H,8-10H2,1-2H3,(H,16,19)/t12-,13?/m0/s1. The predicted molar refractivity (Wildman–Crippen MR) is 76.7 cm³/mol. The number of hydrogen-bond donors (Lipinski definition) is 1. The lowest BCUT2D eigenvalue weighted by Crippen LogP contribution is -2.37. The van der Waals surface area contributed by atoms with Gasteiger partial charge < -0.3 is 19.7 Å². The number of ether oxygens (including phenoxy) is 2. The lowest BCUT2D eigenvalue weighted by Gasteiger charge is -2.23. The summed E-state index contributed by atoms with van der Waals surface area (Å²) in [6, 6.07) is 9.02. The number of methoxy groups -OCH3 is 1. The summed E-state index contributed by atoms with van der Waals surface area (Å²) in [5.74, 6) is -0.218.